The molecule has 2 aromatic carbocycles. The van der Waals surface area contributed by atoms with E-state index in [4.69, 9.17) is 0 Å². The summed E-state index contributed by atoms with van der Waals surface area (Å²) in [6, 6.07) is 16.0. The molecule has 0 fully saturated rings. The van der Waals surface area contributed by atoms with E-state index in [0.29, 0.717) is 0 Å². The second kappa shape index (κ2) is 6.00. The number of hydrogen-bond donors (Lipinski definition) is 1. The Morgan fingerprint density at radius 3 is 2.81 bits per heavy atom. The van der Waals surface area contributed by atoms with Gasteiger partial charge in [-0.25, -0.2) is 4.79 Å². The summed E-state index contributed by atoms with van der Waals surface area (Å²) >= 11 is 0. The van der Waals surface area contributed by atoms with E-state index in [1.807, 2.05) is 54.3 Å². The van der Waals surface area contributed by atoms with Gasteiger partial charge in [-0.2, -0.15) is 0 Å². The van der Waals surface area contributed by atoms with Gasteiger partial charge in [-0.05, 0) is 55.5 Å². The number of aryl methyl sites for hydroxylation is 2. The number of para-hydroxylation sites is 1. The number of benzene rings is 2. The summed E-state index contributed by atoms with van der Waals surface area (Å²) in [6.45, 7) is 2.80. The van der Waals surface area contributed by atoms with E-state index in [0.717, 1.165) is 42.7 Å². The molecule has 1 aliphatic heterocycles. The predicted octanol–water partition coefficient (Wildman–Crippen LogP) is 4.37. The topological polar surface area (TPSA) is 32.3 Å². The van der Waals surface area contributed by atoms with Crippen LogP contribution < -0.4 is 10.2 Å². The highest BCUT2D eigenvalue weighted by molar-refractivity contribution is 6.02. The van der Waals surface area contributed by atoms with Gasteiger partial charge in [0.1, 0.15) is 0 Å². The highest BCUT2D eigenvalue weighted by atomic mass is 16.2. The fourth-order valence-electron chi connectivity index (χ4n) is 2.82. The fraction of sp³-hybridized carbons (Fsp3) is 0.278. The van der Waals surface area contributed by atoms with Gasteiger partial charge < -0.3 is 5.32 Å². The maximum atomic E-state index is 12.6. The summed E-state index contributed by atoms with van der Waals surface area (Å²) < 4.78 is 0. The van der Waals surface area contributed by atoms with Gasteiger partial charge in [0.25, 0.3) is 0 Å². The Bertz CT molecular complexity index is 651. The highest BCUT2D eigenvalue weighted by Crippen LogP contribution is 2.26. The number of hydrogen-bond acceptors (Lipinski definition) is 1. The van der Waals surface area contributed by atoms with Crippen LogP contribution in [0.2, 0.25) is 0 Å². The first-order valence-electron chi connectivity index (χ1n) is 7.47. The fourth-order valence-corrected chi connectivity index (χ4v) is 2.82. The SMILES string of the molecule is Cc1cccc(NC(=O)N2CCCCc3ccccc32)c1. The molecule has 3 rings (SSSR count). The minimum Gasteiger partial charge on any atom is -0.308 e. The summed E-state index contributed by atoms with van der Waals surface area (Å²) in [4.78, 5) is 14.5. The number of fused-ring (bicyclic) bond motifs is 1. The van der Waals surface area contributed by atoms with Crippen LogP contribution in [-0.4, -0.2) is 12.6 Å². The van der Waals surface area contributed by atoms with E-state index in [2.05, 4.69) is 11.4 Å². The minimum absolute atomic E-state index is 0.0463. The van der Waals surface area contributed by atoms with Crippen LogP contribution in [0.5, 0.6) is 0 Å². The number of amides is 2. The lowest BCUT2D eigenvalue weighted by Crippen LogP contribution is -2.35. The van der Waals surface area contributed by atoms with E-state index >= 15 is 0 Å². The molecule has 108 valence electrons. The van der Waals surface area contributed by atoms with Gasteiger partial charge in [0.15, 0.2) is 0 Å². The Labute approximate surface area is 125 Å². The molecule has 0 spiro atoms. The molecule has 2 amide bonds. The second-order valence-electron chi connectivity index (χ2n) is 5.54. The number of carbonyl (C=O) groups is 1. The largest absolute Gasteiger partial charge is 0.326 e. The van der Waals surface area contributed by atoms with Gasteiger partial charge in [-0.3, -0.25) is 4.90 Å². The van der Waals surface area contributed by atoms with Crippen molar-refractivity contribution in [2.75, 3.05) is 16.8 Å². The third-order valence-electron chi connectivity index (χ3n) is 3.87. The smallest absolute Gasteiger partial charge is 0.308 e. The molecule has 1 aliphatic rings. The molecule has 0 bridgehead atoms. The zero-order valence-electron chi connectivity index (χ0n) is 12.3. The first kappa shape index (κ1) is 13.7. The summed E-state index contributed by atoms with van der Waals surface area (Å²) in [5.74, 6) is 0. The molecule has 0 radical (unpaired) electrons. The van der Waals surface area contributed by atoms with Crippen LogP contribution in [0.1, 0.15) is 24.0 Å². The van der Waals surface area contributed by atoms with Crippen molar-refractivity contribution >= 4 is 17.4 Å². The van der Waals surface area contributed by atoms with E-state index in [1.54, 1.807) is 0 Å². The predicted molar refractivity (Wildman–Crippen MR) is 86.9 cm³/mol. The van der Waals surface area contributed by atoms with Crippen molar-refractivity contribution in [1.82, 2.24) is 0 Å². The molecule has 1 N–H and O–H groups in total. The van der Waals surface area contributed by atoms with E-state index in [-0.39, 0.29) is 6.03 Å². The third kappa shape index (κ3) is 3.07. The Balaban J connectivity index is 1.84. The lowest BCUT2D eigenvalue weighted by Gasteiger charge is -2.23. The van der Waals surface area contributed by atoms with Crippen LogP contribution in [0.25, 0.3) is 0 Å². The molecule has 3 nitrogen and oxygen atoms in total. The monoisotopic (exact) mass is 280 g/mol. The Morgan fingerprint density at radius 1 is 1.10 bits per heavy atom. The summed E-state index contributed by atoms with van der Waals surface area (Å²) in [6.07, 6.45) is 3.21. The summed E-state index contributed by atoms with van der Waals surface area (Å²) in [5.41, 5.74) is 4.29. The molecule has 0 saturated carbocycles. The van der Waals surface area contributed by atoms with Crippen LogP contribution in [0.15, 0.2) is 48.5 Å². The first-order valence-corrected chi connectivity index (χ1v) is 7.47. The Hall–Kier alpha value is -2.29. The molecular formula is C18H20N2O. The number of nitrogens with zero attached hydrogens (tertiary/aromatic N) is 1. The second-order valence-corrected chi connectivity index (χ2v) is 5.54. The van der Waals surface area contributed by atoms with Crippen molar-refractivity contribution < 1.29 is 4.79 Å². The molecule has 1 heterocycles. The normalized spacial score (nSPS) is 14.2. The summed E-state index contributed by atoms with van der Waals surface area (Å²) in [5, 5.41) is 3.01. The molecular weight excluding hydrogens is 260 g/mol. The molecule has 0 saturated heterocycles. The molecule has 0 aromatic heterocycles. The average molecular weight is 280 g/mol. The van der Waals surface area contributed by atoms with Crippen molar-refractivity contribution in [3.8, 4) is 0 Å². The maximum absolute atomic E-state index is 12.6. The maximum Gasteiger partial charge on any atom is 0.326 e. The number of rotatable bonds is 1. The lowest BCUT2D eigenvalue weighted by atomic mass is 10.1. The highest BCUT2D eigenvalue weighted by Gasteiger charge is 2.20. The molecule has 0 aliphatic carbocycles. The molecule has 0 unspecified atom stereocenters. The molecule has 2 aromatic rings. The van der Waals surface area contributed by atoms with Crippen molar-refractivity contribution in [2.45, 2.75) is 26.2 Å². The Morgan fingerprint density at radius 2 is 1.95 bits per heavy atom. The number of carbonyl (C=O) groups excluding carboxylic acids is 1. The van der Waals surface area contributed by atoms with Gasteiger partial charge >= 0.3 is 6.03 Å². The number of anilines is 2. The van der Waals surface area contributed by atoms with Crippen LogP contribution in [0.3, 0.4) is 0 Å². The third-order valence-corrected chi connectivity index (χ3v) is 3.87. The van der Waals surface area contributed by atoms with Crippen molar-refractivity contribution in [2.24, 2.45) is 0 Å². The number of nitrogens with one attached hydrogen (secondary N) is 1. The van der Waals surface area contributed by atoms with Gasteiger partial charge in [0.2, 0.25) is 0 Å². The first-order chi connectivity index (χ1) is 10.2. The standard InChI is InChI=1S/C18H20N2O/c1-14-7-6-10-16(13-14)19-18(21)20-12-5-4-9-15-8-2-3-11-17(15)20/h2-3,6-8,10-11,13H,4-5,9,12H2,1H3,(H,19,21). The average Bonchev–Trinajstić information content (AvgIpc) is 2.69. The molecule has 3 heteroatoms. The molecule has 0 atom stereocenters. The van der Waals surface area contributed by atoms with E-state index in [1.165, 1.54) is 5.56 Å². The van der Waals surface area contributed by atoms with Gasteiger partial charge in [-0.15, -0.1) is 0 Å². The van der Waals surface area contributed by atoms with Crippen LogP contribution in [0, 0.1) is 6.92 Å². The van der Waals surface area contributed by atoms with Gasteiger partial charge in [0, 0.05) is 17.9 Å². The number of urea groups is 1. The van der Waals surface area contributed by atoms with E-state index in [9.17, 15) is 4.79 Å². The van der Waals surface area contributed by atoms with Crippen molar-refractivity contribution in [3.05, 3.63) is 59.7 Å². The zero-order chi connectivity index (χ0) is 14.7. The molecule has 21 heavy (non-hydrogen) atoms. The van der Waals surface area contributed by atoms with Gasteiger partial charge in [0.05, 0.1) is 0 Å². The van der Waals surface area contributed by atoms with Crippen LogP contribution in [-0.2, 0) is 6.42 Å². The summed E-state index contributed by atoms with van der Waals surface area (Å²) in [7, 11) is 0. The van der Waals surface area contributed by atoms with Crippen LogP contribution in [0.4, 0.5) is 16.2 Å². The quantitative estimate of drug-likeness (QED) is 0.826. The minimum atomic E-state index is -0.0463. The van der Waals surface area contributed by atoms with E-state index < -0.39 is 0 Å². The Kier molecular flexibility index (Phi) is 3.91. The van der Waals surface area contributed by atoms with Crippen LogP contribution >= 0.6 is 0 Å². The van der Waals surface area contributed by atoms with Gasteiger partial charge in [-0.1, -0.05) is 30.3 Å². The van der Waals surface area contributed by atoms with Crippen molar-refractivity contribution in [3.63, 3.8) is 0 Å². The zero-order valence-corrected chi connectivity index (χ0v) is 12.3. The van der Waals surface area contributed by atoms with Crippen molar-refractivity contribution in [1.29, 1.82) is 0 Å². The lowest BCUT2D eigenvalue weighted by molar-refractivity contribution is 0.257.